The third-order valence-corrected chi connectivity index (χ3v) is 3.82. The SMILES string of the molecule is CSCC[C@@H]1N=C([Se])N(c2ccccc2)C1=O. The molecule has 1 aliphatic heterocycles. The van der Waals surface area contributed by atoms with E-state index in [1.54, 1.807) is 16.7 Å². The predicted molar refractivity (Wildman–Crippen MR) is 73.9 cm³/mol. The van der Waals surface area contributed by atoms with Gasteiger partial charge in [0.2, 0.25) is 0 Å². The molecule has 0 unspecified atom stereocenters. The summed E-state index contributed by atoms with van der Waals surface area (Å²) in [6.45, 7) is 0. The summed E-state index contributed by atoms with van der Waals surface area (Å²) in [7, 11) is 0. The van der Waals surface area contributed by atoms with Gasteiger partial charge >= 0.3 is 114 Å². The van der Waals surface area contributed by atoms with Crippen LogP contribution in [0, 0.1) is 0 Å². The van der Waals surface area contributed by atoms with E-state index in [9.17, 15) is 4.79 Å². The van der Waals surface area contributed by atoms with Gasteiger partial charge in [-0.2, -0.15) is 0 Å². The van der Waals surface area contributed by atoms with Crippen LogP contribution in [-0.2, 0) is 4.79 Å². The number of amidine groups is 1. The van der Waals surface area contributed by atoms with E-state index < -0.39 is 0 Å². The van der Waals surface area contributed by atoms with Gasteiger partial charge in [0.05, 0.1) is 0 Å². The number of rotatable bonds is 4. The van der Waals surface area contributed by atoms with Gasteiger partial charge in [0, 0.05) is 0 Å². The third kappa shape index (κ3) is 2.73. The molecule has 0 spiro atoms. The average Bonchev–Trinajstić information content (AvgIpc) is 2.63. The summed E-state index contributed by atoms with van der Waals surface area (Å²) in [6, 6.07) is 9.39. The Morgan fingerprint density at radius 1 is 1.41 bits per heavy atom. The van der Waals surface area contributed by atoms with Gasteiger partial charge in [-0.25, -0.2) is 0 Å². The van der Waals surface area contributed by atoms with Crippen LogP contribution in [0.4, 0.5) is 5.69 Å². The van der Waals surface area contributed by atoms with Crippen molar-refractivity contribution in [2.45, 2.75) is 12.5 Å². The third-order valence-electron chi connectivity index (χ3n) is 2.57. The van der Waals surface area contributed by atoms with E-state index in [0.717, 1.165) is 17.9 Å². The Balaban J connectivity index is 2.16. The fraction of sp³-hybridized carbons (Fsp3) is 0.333. The zero-order valence-corrected chi connectivity index (χ0v) is 12.0. The second-order valence-electron chi connectivity index (χ2n) is 3.72. The van der Waals surface area contributed by atoms with Crippen molar-refractivity contribution in [1.29, 1.82) is 0 Å². The van der Waals surface area contributed by atoms with Gasteiger partial charge in [-0.1, -0.05) is 0 Å². The van der Waals surface area contributed by atoms with Crippen molar-refractivity contribution in [2.75, 3.05) is 16.9 Å². The second kappa shape index (κ2) is 5.71. The van der Waals surface area contributed by atoms with Gasteiger partial charge in [-0.3, -0.25) is 0 Å². The van der Waals surface area contributed by atoms with Crippen molar-refractivity contribution in [2.24, 2.45) is 4.99 Å². The molecule has 3 nitrogen and oxygen atoms in total. The predicted octanol–water partition coefficient (Wildman–Crippen LogP) is 1.68. The number of para-hydroxylation sites is 1. The number of carbonyl (C=O) groups is 1. The first-order chi connectivity index (χ1) is 8.24. The molecule has 1 aromatic rings. The second-order valence-corrected chi connectivity index (χ2v) is 5.47. The van der Waals surface area contributed by atoms with E-state index in [1.165, 1.54) is 0 Å². The van der Waals surface area contributed by atoms with Crippen LogP contribution in [0.2, 0.25) is 0 Å². The van der Waals surface area contributed by atoms with Crippen LogP contribution in [0.1, 0.15) is 6.42 Å². The molecule has 1 atom stereocenters. The number of amides is 1. The van der Waals surface area contributed by atoms with Gasteiger partial charge in [-0.05, 0) is 0 Å². The maximum atomic E-state index is 12.2. The number of benzene rings is 1. The van der Waals surface area contributed by atoms with Crippen LogP contribution in [0.3, 0.4) is 0 Å². The number of hydrogen-bond donors (Lipinski definition) is 0. The number of hydrogen-bond acceptors (Lipinski definition) is 3. The van der Waals surface area contributed by atoms with E-state index in [0.29, 0.717) is 4.73 Å². The zero-order valence-electron chi connectivity index (χ0n) is 9.50. The summed E-state index contributed by atoms with van der Waals surface area (Å²) in [5, 5.41) is 0. The summed E-state index contributed by atoms with van der Waals surface area (Å²) < 4.78 is 0.673. The Bertz CT molecular complexity index is 435. The summed E-state index contributed by atoms with van der Waals surface area (Å²) in [6.07, 6.45) is 2.84. The molecule has 0 bridgehead atoms. The van der Waals surface area contributed by atoms with E-state index in [-0.39, 0.29) is 11.9 Å². The Kier molecular flexibility index (Phi) is 4.26. The molecule has 0 aromatic heterocycles. The Morgan fingerprint density at radius 2 is 2.12 bits per heavy atom. The Morgan fingerprint density at radius 3 is 2.76 bits per heavy atom. The number of nitrogens with zero attached hydrogens (tertiary/aromatic N) is 2. The maximum absolute atomic E-state index is 12.2. The minimum absolute atomic E-state index is 0.0685. The molecule has 1 aliphatic rings. The average molecular weight is 312 g/mol. The number of carbonyl (C=O) groups excluding carboxylic acids is 1. The van der Waals surface area contributed by atoms with Crippen molar-refractivity contribution in [3.05, 3.63) is 30.3 Å². The van der Waals surface area contributed by atoms with Crippen LogP contribution in [0.5, 0.6) is 0 Å². The first kappa shape index (κ1) is 12.7. The van der Waals surface area contributed by atoms with E-state index in [1.807, 2.05) is 36.6 Å². The van der Waals surface area contributed by atoms with Crippen molar-refractivity contribution in [3.63, 3.8) is 0 Å². The molecule has 1 heterocycles. The van der Waals surface area contributed by atoms with Crippen LogP contribution in [-0.4, -0.2) is 44.7 Å². The van der Waals surface area contributed by atoms with Crippen molar-refractivity contribution in [1.82, 2.24) is 0 Å². The molecule has 1 aromatic carbocycles. The molecule has 2 rings (SSSR count). The summed E-state index contributed by atoms with van der Waals surface area (Å²) in [5.74, 6) is 1.02. The van der Waals surface area contributed by atoms with E-state index in [4.69, 9.17) is 0 Å². The monoisotopic (exact) mass is 313 g/mol. The molecular formula is C12H13N2OSSe. The molecule has 0 saturated heterocycles. The van der Waals surface area contributed by atoms with Gasteiger partial charge in [0.15, 0.2) is 0 Å². The molecular weight excluding hydrogens is 299 g/mol. The van der Waals surface area contributed by atoms with Crippen LogP contribution in [0.25, 0.3) is 0 Å². The molecule has 0 N–H and O–H groups in total. The molecule has 5 heteroatoms. The Hall–Kier alpha value is -0.771. The molecule has 0 saturated carbocycles. The quantitative estimate of drug-likeness (QED) is 0.793. The van der Waals surface area contributed by atoms with Gasteiger partial charge in [0.1, 0.15) is 0 Å². The molecule has 1 amide bonds. The summed E-state index contributed by atoms with van der Waals surface area (Å²) >= 11 is 4.61. The van der Waals surface area contributed by atoms with Crippen molar-refractivity contribution < 1.29 is 4.79 Å². The number of aliphatic imine (C=N–C) groups is 1. The van der Waals surface area contributed by atoms with E-state index >= 15 is 0 Å². The van der Waals surface area contributed by atoms with Crippen molar-refractivity contribution >= 4 is 44.1 Å². The summed E-state index contributed by atoms with van der Waals surface area (Å²) in [4.78, 5) is 18.3. The van der Waals surface area contributed by atoms with Gasteiger partial charge in [-0.15, -0.1) is 0 Å². The van der Waals surface area contributed by atoms with Crippen LogP contribution in [0.15, 0.2) is 35.3 Å². The topological polar surface area (TPSA) is 32.7 Å². The number of anilines is 1. The van der Waals surface area contributed by atoms with Gasteiger partial charge < -0.3 is 0 Å². The normalized spacial score (nSPS) is 19.6. The minimum atomic E-state index is -0.223. The first-order valence-corrected chi connectivity index (χ1v) is 7.62. The van der Waals surface area contributed by atoms with E-state index in [2.05, 4.69) is 21.0 Å². The first-order valence-electron chi connectivity index (χ1n) is 5.37. The van der Waals surface area contributed by atoms with Gasteiger partial charge in [0.25, 0.3) is 0 Å². The molecule has 17 heavy (non-hydrogen) atoms. The fourth-order valence-corrected chi connectivity index (χ4v) is 2.86. The van der Waals surface area contributed by atoms with Crippen LogP contribution >= 0.6 is 11.8 Å². The molecule has 0 fully saturated rings. The molecule has 0 aliphatic carbocycles. The standard InChI is InChI=1S/C12H13N2OSSe/c1-16-8-7-10-11(15)14(12(17)13-10)9-5-3-2-4-6-9/h2-6,10H,7-8H2,1H3/t10-/m0/s1. The van der Waals surface area contributed by atoms with Crippen molar-refractivity contribution in [3.8, 4) is 0 Å². The van der Waals surface area contributed by atoms with Crippen LogP contribution < -0.4 is 4.90 Å². The fourth-order valence-electron chi connectivity index (χ4n) is 1.72. The Labute approximate surface area is 113 Å². The molecule has 89 valence electrons. The summed E-state index contributed by atoms with van der Waals surface area (Å²) in [5.41, 5.74) is 0.877. The molecule has 1 radical (unpaired) electrons. The zero-order chi connectivity index (χ0) is 12.3. The number of thioether (sulfide) groups is 1.